The van der Waals surface area contributed by atoms with Gasteiger partial charge in [0.2, 0.25) is 5.91 Å². The van der Waals surface area contributed by atoms with E-state index in [9.17, 15) is 9.59 Å². The van der Waals surface area contributed by atoms with E-state index in [0.717, 1.165) is 18.4 Å². The maximum Gasteiger partial charge on any atom is 0.251 e. The summed E-state index contributed by atoms with van der Waals surface area (Å²) in [6.07, 6.45) is 2.07. The molecule has 1 saturated carbocycles. The molecule has 0 bridgehead atoms. The van der Waals surface area contributed by atoms with Crippen LogP contribution in [-0.2, 0) is 11.3 Å². The van der Waals surface area contributed by atoms with Crippen molar-refractivity contribution in [3.8, 4) is 11.5 Å². The van der Waals surface area contributed by atoms with Gasteiger partial charge in [-0.2, -0.15) is 0 Å². The van der Waals surface area contributed by atoms with Crippen molar-refractivity contribution in [3.63, 3.8) is 0 Å². The van der Waals surface area contributed by atoms with Crippen LogP contribution in [0.15, 0.2) is 42.5 Å². The molecule has 2 N–H and O–H groups in total. The first kappa shape index (κ1) is 22.6. The van der Waals surface area contributed by atoms with Crippen LogP contribution in [0.5, 0.6) is 11.5 Å². The lowest BCUT2D eigenvalue weighted by Gasteiger charge is -2.21. The van der Waals surface area contributed by atoms with Gasteiger partial charge in [0.05, 0.1) is 20.3 Å². The van der Waals surface area contributed by atoms with Gasteiger partial charge in [0.15, 0.2) is 11.5 Å². The summed E-state index contributed by atoms with van der Waals surface area (Å²) in [7, 11) is 1.62. The third kappa shape index (κ3) is 6.72. The van der Waals surface area contributed by atoms with Gasteiger partial charge >= 0.3 is 0 Å². The van der Waals surface area contributed by atoms with Crippen molar-refractivity contribution < 1.29 is 19.1 Å². The van der Waals surface area contributed by atoms with Gasteiger partial charge in [-0.25, -0.2) is 0 Å². The smallest absolute Gasteiger partial charge is 0.251 e. The normalized spacial score (nSPS) is 13.0. The van der Waals surface area contributed by atoms with E-state index in [1.807, 2.05) is 36.9 Å². The fraction of sp³-hybridized carbons (Fsp3) is 0.417. The Morgan fingerprint density at radius 1 is 1.10 bits per heavy atom. The van der Waals surface area contributed by atoms with Crippen molar-refractivity contribution in [2.75, 3.05) is 32.1 Å². The lowest BCUT2D eigenvalue weighted by atomic mass is 10.1. The summed E-state index contributed by atoms with van der Waals surface area (Å²) < 4.78 is 11.0. The van der Waals surface area contributed by atoms with Crippen LogP contribution in [0, 0.1) is 0 Å². The Balaban J connectivity index is 1.58. The molecule has 0 atom stereocenters. The third-order valence-corrected chi connectivity index (χ3v) is 5.07. The Labute approximate surface area is 183 Å². The second kappa shape index (κ2) is 10.8. The van der Waals surface area contributed by atoms with Crippen LogP contribution >= 0.6 is 0 Å². The van der Waals surface area contributed by atoms with Gasteiger partial charge in [-0.3, -0.25) is 14.5 Å². The first-order chi connectivity index (χ1) is 15.0. The third-order valence-electron chi connectivity index (χ3n) is 5.07. The van der Waals surface area contributed by atoms with E-state index >= 15 is 0 Å². The molecule has 166 valence electrons. The number of likely N-dealkylation sites (N-methyl/N-ethyl adjacent to an activating group) is 1. The zero-order valence-electron chi connectivity index (χ0n) is 18.4. The van der Waals surface area contributed by atoms with E-state index in [4.69, 9.17) is 9.47 Å². The van der Waals surface area contributed by atoms with Crippen LogP contribution in [0.4, 0.5) is 5.69 Å². The predicted octanol–water partition coefficient (Wildman–Crippen LogP) is 3.45. The number of hydrogen-bond acceptors (Lipinski definition) is 5. The number of methoxy groups -OCH3 is 1. The monoisotopic (exact) mass is 425 g/mol. The molecule has 0 aromatic heterocycles. The summed E-state index contributed by atoms with van der Waals surface area (Å²) in [5.74, 6) is 1.17. The van der Waals surface area contributed by atoms with Gasteiger partial charge in [0.1, 0.15) is 0 Å². The number of ether oxygens (including phenoxy) is 2. The second-order valence-corrected chi connectivity index (χ2v) is 7.60. The van der Waals surface area contributed by atoms with Crippen molar-refractivity contribution in [1.82, 2.24) is 10.2 Å². The zero-order chi connectivity index (χ0) is 22.2. The molecule has 7 nitrogen and oxygen atoms in total. The molecule has 3 rings (SSSR count). The van der Waals surface area contributed by atoms with Crippen LogP contribution in [0.25, 0.3) is 0 Å². The topological polar surface area (TPSA) is 79.9 Å². The molecule has 0 unspecified atom stereocenters. The van der Waals surface area contributed by atoms with Crippen molar-refractivity contribution in [2.45, 2.75) is 39.3 Å². The standard InChI is InChI=1S/C24H31N3O4/c1-4-27(15-17-9-12-21(31-5-2)22(13-17)30-3)16-23(28)25-20-8-6-7-18(14-20)24(29)26-19-10-11-19/h6-9,12-14,19H,4-5,10-11,15-16H2,1-3H3,(H,25,28)(H,26,29). The van der Waals surface area contributed by atoms with Gasteiger partial charge in [-0.05, 0) is 62.2 Å². The molecule has 0 saturated heterocycles. The van der Waals surface area contributed by atoms with Crippen molar-refractivity contribution >= 4 is 17.5 Å². The molecule has 2 aromatic carbocycles. The number of benzene rings is 2. The number of nitrogens with zero attached hydrogens (tertiary/aromatic N) is 1. The number of anilines is 1. The highest BCUT2D eigenvalue weighted by atomic mass is 16.5. The largest absolute Gasteiger partial charge is 0.493 e. The summed E-state index contributed by atoms with van der Waals surface area (Å²) in [6, 6.07) is 13.1. The number of rotatable bonds is 11. The Morgan fingerprint density at radius 3 is 2.58 bits per heavy atom. The average molecular weight is 426 g/mol. The number of carbonyl (C=O) groups excluding carboxylic acids is 2. The summed E-state index contributed by atoms with van der Waals surface area (Å²) in [6.45, 7) is 6.08. The SMILES string of the molecule is CCOc1ccc(CN(CC)CC(=O)Nc2cccc(C(=O)NC3CC3)c2)cc1OC. The minimum atomic E-state index is -0.125. The van der Waals surface area contributed by atoms with Crippen molar-refractivity contribution in [1.29, 1.82) is 0 Å². The number of carbonyl (C=O) groups is 2. The first-order valence-electron chi connectivity index (χ1n) is 10.7. The highest BCUT2D eigenvalue weighted by molar-refractivity contribution is 5.97. The second-order valence-electron chi connectivity index (χ2n) is 7.60. The summed E-state index contributed by atoms with van der Waals surface area (Å²) in [4.78, 5) is 26.9. The molecule has 0 radical (unpaired) electrons. The summed E-state index contributed by atoms with van der Waals surface area (Å²) in [5, 5.41) is 5.86. The Bertz CT molecular complexity index is 911. The Hall–Kier alpha value is -3.06. The van der Waals surface area contributed by atoms with Crippen LogP contribution in [0.2, 0.25) is 0 Å². The van der Waals surface area contributed by atoms with Crippen LogP contribution < -0.4 is 20.1 Å². The maximum atomic E-state index is 12.6. The maximum absolute atomic E-state index is 12.6. The Kier molecular flexibility index (Phi) is 7.89. The molecule has 2 amide bonds. The molecule has 7 heteroatoms. The number of hydrogen-bond donors (Lipinski definition) is 2. The minimum absolute atomic E-state index is 0.0989. The lowest BCUT2D eigenvalue weighted by molar-refractivity contribution is -0.117. The highest BCUT2D eigenvalue weighted by Gasteiger charge is 2.23. The molecule has 1 aliphatic carbocycles. The van der Waals surface area contributed by atoms with E-state index in [1.165, 1.54) is 0 Å². The molecule has 0 heterocycles. The summed E-state index contributed by atoms with van der Waals surface area (Å²) in [5.41, 5.74) is 2.21. The van der Waals surface area contributed by atoms with Crippen molar-refractivity contribution in [3.05, 3.63) is 53.6 Å². The van der Waals surface area contributed by atoms with Crippen LogP contribution in [-0.4, -0.2) is 49.6 Å². The molecule has 2 aromatic rings. The number of nitrogens with one attached hydrogen (secondary N) is 2. The molecule has 1 aliphatic rings. The molecule has 1 fully saturated rings. The lowest BCUT2D eigenvalue weighted by Crippen LogP contribution is -2.32. The van der Waals surface area contributed by atoms with E-state index in [1.54, 1.807) is 31.4 Å². The number of amides is 2. The molecular formula is C24H31N3O4. The zero-order valence-corrected chi connectivity index (χ0v) is 18.4. The molecular weight excluding hydrogens is 394 g/mol. The minimum Gasteiger partial charge on any atom is -0.493 e. The van der Waals surface area contributed by atoms with E-state index < -0.39 is 0 Å². The fourth-order valence-corrected chi connectivity index (χ4v) is 3.26. The highest BCUT2D eigenvalue weighted by Crippen LogP contribution is 2.28. The van der Waals surface area contributed by atoms with Gasteiger partial charge in [0.25, 0.3) is 5.91 Å². The van der Waals surface area contributed by atoms with E-state index in [-0.39, 0.29) is 18.4 Å². The van der Waals surface area contributed by atoms with Crippen LogP contribution in [0.3, 0.4) is 0 Å². The van der Waals surface area contributed by atoms with E-state index in [0.29, 0.717) is 48.5 Å². The first-order valence-corrected chi connectivity index (χ1v) is 10.7. The summed E-state index contributed by atoms with van der Waals surface area (Å²) >= 11 is 0. The Morgan fingerprint density at radius 2 is 1.90 bits per heavy atom. The average Bonchev–Trinajstić information content (AvgIpc) is 3.58. The van der Waals surface area contributed by atoms with Crippen molar-refractivity contribution in [2.24, 2.45) is 0 Å². The van der Waals surface area contributed by atoms with Gasteiger partial charge in [0, 0.05) is 23.8 Å². The molecule has 31 heavy (non-hydrogen) atoms. The van der Waals surface area contributed by atoms with Gasteiger partial charge < -0.3 is 20.1 Å². The van der Waals surface area contributed by atoms with Gasteiger partial charge in [-0.15, -0.1) is 0 Å². The van der Waals surface area contributed by atoms with E-state index in [2.05, 4.69) is 10.6 Å². The van der Waals surface area contributed by atoms with Crippen LogP contribution in [0.1, 0.15) is 42.6 Å². The fourth-order valence-electron chi connectivity index (χ4n) is 3.26. The van der Waals surface area contributed by atoms with Gasteiger partial charge in [-0.1, -0.05) is 19.1 Å². The molecule has 0 aliphatic heterocycles. The predicted molar refractivity (Wildman–Crippen MR) is 121 cm³/mol. The quantitative estimate of drug-likeness (QED) is 0.577. The molecule has 0 spiro atoms.